The number of aryl methyl sites for hydroxylation is 3. The van der Waals surface area contributed by atoms with E-state index in [9.17, 15) is 5.26 Å². The van der Waals surface area contributed by atoms with Gasteiger partial charge in [-0.25, -0.2) is 9.97 Å². The Morgan fingerprint density at radius 2 is 1.71 bits per heavy atom. The van der Waals surface area contributed by atoms with Gasteiger partial charge in [-0.2, -0.15) is 15.3 Å². The van der Waals surface area contributed by atoms with Crippen molar-refractivity contribution in [3.05, 3.63) is 82.3 Å². The summed E-state index contributed by atoms with van der Waals surface area (Å²) in [6.45, 7) is 6.96. The molecule has 0 fully saturated rings. The van der Waals surface area contributed by atoms with E-state index in [1.165, 1.54) is 5.56 Å². The normalized spacial score (nSPS) is 11.7. The molecule has 0 aliphatic rings. The van der Waals surface area contributed by atoms with Crippen molar-refractivity contribution in [2.75, 3.05) is 18.8 Å². The Bertz CT molecular complexity index is 1470. The summed E-state index contributed by atoms with van der Waals surface area (Å²) < 4.78 is 2.22. The van der Waals surface area contributed by atoms with Crippen LogP contribution in [0.15, 0.2) is 48.5 Å². The summed E-state index contributed by atoms with van der Waals surface area (Å²) in [5.74, 6) is 4.33. The van der Waals surface area contributed by atoms with Crippen LogP contribution in [0.1, 0.15) is 40.7 Å². The van der Waals surface area contributed by atoms with E-state index in [0.717, 1.165) is 51.4 Å². The van der Waals surface area contributed by atoms with Crippen molar-refractivity contribution >= 4 is 21.2 Å². The topological polar surface area (TPSA) is 54.5 Å². The van der Waals surface area contributed by atoms with Crippen molar-refractivity contribution < 1.29 is 0 Å². The summed E-state index contributed by atoms with van der Waals surface area (Å²) in [4.78, 5) is 9.64. The molecule has 4 nitrogen and oxygen atoms in total. The molecular formula is C29H30N4S. The SMILES string of the molecule is CCc1nc2c(C)cc(C)nc2n1Cc1ccc(-c2cc(C#CS(C)(C)C)ccc2C#N)cc1. The Morgan fingerprint density at radius 1 is 0.971 bits per heavy atom. The van der Waals surface area contributed by atoms with Crippen molar-refractivity contribution in [2.24, 2.45) is 0 Å². The van der Waals surface area contributed by atoms with E-state index in [0.29, 0.717) is 12.1 Å². The highest BCUT2D eigenvalue weighted by Gasteiger charge is 2.14. The maximum absolute atomic E-state index is 9.66. The molecule has 0 bridgehead atoms. The first-order chi connectivity index (χ1) is 16.2. The lowest BCUT2D eigenvalue weighted by atomic mass is 9.97. The van der Waals surface area contributed by atoms with Gasteiger partial charge in [0.15, 0.2) is 5.65 Å². The number of rotatable bonds is 4. The zero-order valence-electron chi connectivity index (χ0n) is 20.7. The maximum Gasteiger partial charge on any atom is 0.160 e. The minimum atomic E-state index is -0.912. The highest BCUT2D eigenvalue weighted by Crippen LogP contribution is 2.33. The van der Waals surface area contributed by atoms with Gasteiger partial charge < -0.3 is 4.57 Å². The zero-order valence-corrected chi connectivity index (χ0v) is 21.5. The second-order valence-corrected chi connectivity index (χ2v) is 13.2. The Morgan fingerprint density at radius 3 is 2.35 bits per heavy atom. The monoisotopic (exact) mass is 466 g/mol. The number of nitriles is 1. The quantitative estimate of drug-likeness (QED) is 0.337. The molecule has 0 amide bonds. The van der Waals surface area contributed by atoms with Gasteiger partial charge in [0, 0.05) is 23.2 Å². The van der Waals surface area contributed by atoms with Crippen LogP contribution in [-0.2, 0) is 13.0 Å². The molecule has 0 saturated heterocycles. The fraction of sp³-hybridized carbons (Fsp3) is 0.276. The molecule has 4 rings (SSSR count). The molecule has 172 valence electrons. The highest BCUT2D eigenvalue weighted by atomic mass is 32.3. The van der Waals surface area contributed by atoms with Crippen LogP contribution >= 0.6 is 10.0 Å². The highest BCUT2D eigenvalue weighted by molar-refractivity contribution is 8.35. The predicted octanol–water partition coefficient (Wildman–Crippen LogP) is 6.20. The lowest BCUT2D eigenvalue weighted by Gasteiger charge is -2.15. The third-order valence-corrected chi connectivity index (χ3v) is 6.38. The van der Waals surface area contributed by atoms with E-state index >= 15 is 0 Å². The van der Waals surface area contributed by atoms with Crippen molar-refractivity contribution in [2.45, 2.75) is 33.7 Å². The van der Waals surface area contributed by atoms with Crippen LogP contribution in [0.5, 0.6) is 0 Å². The summed E-state index contributed by atoms with van der Waals surface area (Å²) in [6.07, 6.45) is 7.38. The second kappa shape index (κ2) is 9.37. The first kappa shape index (κ1) is 23.6. The number of aromatic nitrogens is 3. The van der Waals surface area contributed by atoms with Gasteiger partial charge >= 0.3 is 0 Å². The van der Waals surface area contributed by atoms with Gasteiger partial charge in [0.1, 0.15) is 11.3 Å². The smallest absolute Gasteiger partial charge is 0.160 e. The van der Waals surface area contributed by atoms with Crippen molar-refractivity contribution in [3.8, 4) is 28.4 Å². The maximum atomic E-state index is 9.66. The largest absolute Gasteiger partial charge is 0.308 e. The Labute approximate surface area is 204 Å². The lowest BCUT2D eigenvalue weighted by Crippen LogP contribution is -2.05. The van der Waals surface area contributed by atoms with Crippen LogP contribution in [0, 0.1) is 36.4 Å². The summed E-state index contributed by atoms with van der Waals surface area (Å²) in [7, 11) is -0.912. The van der Waals surface area contributed by atoms with Crippen molar-refractivity contribution in [3.63, 3.8) is 0 Å². The van der Waals surface area contributed by atoms with E-state index in [4.69, 9.17) is 9.97 Å². The van der Waals surface area contributed by atoms with Crippen LogP contribution in [0.2, 0.25) is 0 Å². The minimum absolute atomic E-state index is 0.658. The summed E-state index contributed by atoms with van der Waals surface area (Å²) in [5, 5.41) is 13.0. The number of pyridine rings is 1. The van der Waals surface area contributed by atoms with Gasteiger partial charge in [-0.15, -0.1) is 0 Å². The number of nitrogens with zero attached hydrogens (tertiary/aromatic N) is 4. The molecule has 0 atom stereocenters. The molecule has 0 saturated carbocycles. The summed E-state index contributed by atoms with van der Waals surface area (Å²) in [5.41, 5.74) is 8.79. The molecule has 0 radical (unpaired) electrons. The number of hydrogen-bond acceptors (Lipinski definition) is 3. The molecule has 0 spiro atoms. The van der Waals surface area contributed by atoms with E-state index in [1.54, 1.807) is 0 Å². The molecule has 34 heavy (non-hydrogen) atoms. The fourth-order valence-electron chi connectivity index (χ4n) is 4.03. The van der Waals surface area contributed by atoms with Gasteiger partial charge in [0.2, 0.25) is 0 Å². The van der Waals surface area contributed by atoms with E-state index in [1.807, 2.05) is 25.1 Å². The predicted molar refractivity (Wildman–Crippen MR) is 144 cm³/mol. The van der Waals surface area contributed by atoms with Gasteiger partial charge in [0.05, 0.1) is 18.2 Å². The third-order valence-electron chi connectivity index (χ3n) is 5.66. The minimum Gasteiger partial charge on any atom is -0.308 e. The average Bonchev–Trinajstić information content (AvgIpc) is 3.15. The van der Waals surface area contributed by atoms with Gasteiger partial charge in [-0.05, 0) is 78.8 Å². The first-order valence-corrected chi connectivity index (χ1v) is 14.2. The molecular weight excluding hydrogens is 436 g/mol. The molecule has 2 heterocycles. The van der Waals surface area contributed by atoms with Crippen LogP contribution in [0.25, 0.3) is 22.3 Å². The van der Waals surface area contributed by atoms with Crippen molar-refractivity contribution in [1.29, 1.82) is 5.26 Å². The van der Waals surface area contributed by atoms with E-state index in [-0.39, 0.29) is 0 Å². The third kappa shape index (κ3) is 5.01. The lowest BCUT2D eigenvalue weighted by molar-refractivity contribution is 0.745. The number of hydrogen-bond donors (Lipinski definition) is 0. The first-order valence-electron chi connectivity index (χ1n) is 11.4. The van der Waals surface area contributed by atoms with Crippen LogP contribution in [0.4, 0.5) is 0 Å². The van der Waals surface area contributed by atoms with Gasteiger partial charge in [-0.3, -0.25) is 0 Å². The number of imidazole rings is 1. The van der Waals surface area contributed by atoms with Crippen LogP contribution in [0.3, 0.4) is 0 Å². The molecule has 5 heteroatoms. The number of fused-ring (bicyclic) bond motifs is 1. The molecule has 0 aliphatic carbocycles. The second-order valence-electron chi connectivity index (χ2n) is 9.35. The van der Waals surface area contributed by atoms with Gasteiger partial charge in [-0.1, -0.05) is 37.1 Å². The molecule has 2 aromatic heterocycles. The average molecular weight is 467 g/mol. The van der Waals surface area contributed by atoms with Crippen LogP contribution < -0.4 is 0 Å². The molecule has 2 aromatic carbocycles. The Kier molecular flexibility index (Phi) is 6.51. The van der Waals surface area contributed by atoms with E-state index < -0.39 is 10.0 Å². The standard InChI is InChI=1S/C29H30N4S/c1-7-27-32-28-20(2)16-21(3)31-29(28)33(27)19-23-9-11-24(12-10-23)26-17-22(8-13-25(26)18-30)14-15-34(4,5)6/h8-13,16-17H,7,19H2,1-6H3. The van der Waals surface area contributed by atoms with Crippen LogP contribution in [-0.4, -0.2) is 33.3 Å². The number of benzene rings is 2. The Balaban J connectivity index is 1.69. The van der Waals surface area contributed by atoms with Crippen molar-refractivity contribution in [1.82, 2.24) is 14.5 Å². The molecule has 0 aliphatic heterocycles. The summed E-state index contributed by atoms with van der Waals surface area (Å²) >= 11 is 0. The summed E-state index contributed by atoms with van der Waals surface area (Å²) in [6, 6.07) is 18.7. The fourth-order valence-corrected chi connectivity index (χ4v) is 4.45. The zero-order chi connectivity index (χ0) is 24.5. The van der Waals surface area contributed by atoms with E-state index in [2.05, 4.69) is 84.8 Å². The molecule has 0 unspecified atom stereocenters. The Hall–Kier alpha value is -3.54. The molecule has 0 N–H and O–H groups in total. The molecule has 4 aromatic rings. The van der Waals surface area contributed by atoms with Gasteiger partial charge in [0.25, 0.3) is 0 Å².